The highest BCUT2D eigenvalue weighted by Crippen LogP contribution is 2.19. The van der Waals surface area contributed by atoms with Gasteiger partial charge in [-0.3, -0.25) is 0 Å². The van der Waals surface area contributed by atoms with Gasteiger partial charge in [0.1, 0.15) is 5.82 Å². The fourth-order valence-corrected chi connectivity index (χ4v) is 2.35. The number of rotatable bonds is 7. The molecular weight excluding hydrogens is 270 g/mol. The standard InChI is InChI=1S/C15H25N3O3/c1-12-11-21-14(10-19)9-18(12)15-4-3-13(8-17-15)7-16-5-6-20-2/h3-4,8,12,14,16,19H,5-7,9-11H2,1-2H3. The highest BCUT2D eigenvalue weighted by Gasteiger charge is 2.26. The summed E-state index contributed by atoms with van der Waals surface area (Å²) in [7, 11) is 1.70. The van der Waals surface area contributed by atoms with Crippen LogP contribution in [-0.4, -0.2) is 62.3 Å². The average Bonchev–Trinajstić information content (AvgIpc) is 2.53. The van der Waals surface area contributed by atoms with E-state index in [0.29, 0.717) is 19.8 Å². The Hall–Kier alpha value is -1.21. The summed E-state index contributed by atoms with van der Waals surface area (Å²) in [5.74, 6) is 0.935. The lowest BCUT2D eigenvalue weighted by Gasteiger charge is -2.38. The average molecular weight is 295 g/mol. The van der Waals surface area contributed by atoms with Crippen molar-refractivity contribution in [2.45, 2.75) is 25.6 Å². The molecule has 0 radical (unpaired) electrons. The Labute approximate surface area is 126 Å². The number of hydrogen-bond donors (Lipinski definition) is 2. The molecular formula is C15H25N3O3. The summed E-state index contributed by atoms with van der Waals surface area (Å²) in [6.07, 6.45) is 1.77. The molecule has 0 saturated carbocycles. The number of anilines is 1. The summed E-state index contributed by atoms with van der Waals surface area (Å²) in [4.78, 5) is 6.72. The second-order valence-electron chi connectivity index (χ2n) is 5.33. The van der Waals surface area contributed by atoms with Gasteiger partial charge in [-0.2, -0.15) is 0 Å². The first kappa shape index (κ1) is 16.2. The molecule has 6 nitrogen and oxygen atoms in total. The van der Waals surface area contributed by atoms with Crippen molar-refractivity contribution in [3.63, 3.8) is 0 Å². The maximum Gasteiger partial charge on any atom is 0.128 e. The van der Waals surface area contributed by atoms with Crippen LogP contribution in [0, 0.1) is 0 Å². The van der Waals surface area contributed by atoms with Crippen LogP contribution in [0.2, 0.25) is 0 Å². The molecule has 21 heavy (non-hydrogen) atoms. The van der Waals surface area contributed by atoms with Gasteiger partial charge in [0, 0.05) is 32.9 Å². The van der Waals surface area contributed by atoms with Crippen molar-refractivity contribution >= 4 is 5.82 Å². The third-order valence-electron chi connectivity index (χ3n) is 3.62. The first-order chi connectivity index (χ1) is 10.2. The summed E-state index contributed by atoms with van der Waals surface area (Å²) in [5, 5.41) is 12.5. The summed E-state index contributed by atoms with van der Waals surface area (Å²) >= 11 is 0. The van der Waals surface area contributed by atoms with Crippen LogP contribution in [0.5, 0.6) is 0 Å². The van der Waals surface area contributed by atoms with Crippen molar-refractivity contribution in [2.24, 2.45) is 0 Å². The van der Waals surface area contributed by atoms with Gasteiger partial charge < -0.3 is 24.8 Å². The van der Waals surface area contributed by atoms with E-state index in [4.69, 9.17) is 9.47 Å². The van der Waals surface area contributed by atoms with Crippen molar-refractivity contribution in [2.75, 3.05) is 44.9 Å². The molecule has 1 aromatic rings. The van der Waals surface area contributed by atoms with E-state index in [0.717, 1.165) is 24.5 Å². The molecule has 2 rings (SSSR count). The van der Waals surface area contributed by atoms with E-state index in [-0.39, 0.29) is 18.8 Å². The van der Waals surface area contributed by atoms with Crippen molar-refractivity contribution < 1.29 is 14.6 Å². The predicted octanol–water partition coefficient (Wildman–Crippen LogP) is 0.404. The largest absolute Gasteiger partial charge is 0.394 e. The third kappa shape index (κ3) is 4.64. The van der Waals surface area contributed by atoms with E-state index in [1.165, 1.54) is 0 Å². The van der Waals surface area contributed by atoms with Crippen molar-refractivity contribution in [3.8, 4) is 0 Å². The number of aliphatic hydroxyl groups excluding tert-OH is 1. The SMILES string of the molecule is COCCNCc1ccc(N2CC(CO)OCC2C)nc1. The lowest BCUT2D eigenvalue weighted by atomic mass is 10.2. The van der Waals surface area contributed by atoms with Crippen molar-refractivity contribution in [1.82, 2.24) is 10.3 Å². The molecule has 6 heteroatoms. The number of pyridine rings is 1. The Morgan fingerprint density at radius 3 is 3.05 bits per heavy atom. The number of hydrogen-bond acceptors (Lipinski definition) is 6. The van der Waals surface area contributed by atoms with E-state index < -0.39 is 0 Å². The normalized spacial score (nSPS) is 22.5. The molecule has 1 aliphatic rings. The maximum atomic E-state index is 9.24. The van der Waals surface area contributed by atoms with Gasteiger partial charge in [-0.25, -0.2) is 4.98 Å². The molecule has 0 bridgehead atoms. The van der Waals surface area contributed by atoms with E-state index >= 15 is 0 Å². The molecule has 2 heterocycles. The quantitative estimate of drug-likeness (QED) is 0.710. The number of aliphatic hydroxyl groups is 1. The zero-order valence-electron chi connectivity index (χ0n) is 12.8. The van der Waals surface area contributed by atoms with Gasteiger partial charge in [0.05, 0.1) is 32.0 Å². The first-order valence-electron chi connectivity index (χ1n) is 7.38. The molecule has 1 fully saturated rings. The lowest BCUT2D eigenvalue weighted by Crippen LogP contribution is -2.49. The molecule has 1 aliphatic heterocycles. The van der Waals surface area contributed by atoms with Crippen LogP contribution in [0.25, 0.3) is 0 Å². The summed E-state index contributed by atoms with van der Waals surface area (Å²) in [6, 6.07) is 4.38. The number of nitrogens with zero attached hydrogens (tertiary/aromatic N) is 2. The molecule has 2 atom stereocenters. The molecule has 0 aromatic carbocycles. The predicted molar refractivity (Wildman–Crippen MR) is 81.5 cm³/mol. The minimum absolute atomic E-state index is 0.0464. The van der Waals surface area contributed by atoms with Crippen LogP contribution >= 0.6 is 0 Å². The molecule has 118 valence electrons. The van der Waals surface area contributed by atoms with Crippen molar-refractivity contribution in [1.29, 1.82) is 0 Å². The third-order valence-corrected chi connectivity index (χ3v) is 3.62. The van der Waals surface area contributed by atoms with Gasteiger partial charge in [-0.1, -0.05) is 6.07 Å². The second kappa shape index (κ2) is 8.29. The highest BCUT2D eigenvalue weighted by atomic mass is 16.5. The maximum absolute atomic E-state index is 9.24. The number of morpholine rings is 1. The van der Waals surface area contributed by atoms with Crippen LogP contribution < -0.4 is 10.2 Å². The molecule has 1 aromatic heterocycles. The summed E-state index contributed by atoms with van der Waals surface area (Å²) in [6.45, 7) is 5.77. The molecule has 1 saturated heterocycles. The van der Waals surface area contributed by atoms with E-state index in [9.17, 15) is 5.11 Å². The van der Waals surface area contributed by atoms with Crippen molar-refractivity contribution in [3.05, 3.63) is 23.9 Å². The Bertz CT molecular complexity index is 413. The molecule has 0 spiro atoms. The van der Waals surface area contributed by atoms with E-state index in [1.54, 1.807) is 7.11 Å². The van der Waals surface area contributed by atoms with Crippen LogP contribution in [0.3, 0.4) is 0 Å². The first-order valence-corrected chi connectivity index (χ1v) is 7.38. The molecule has 2 N–H and O–H groups in total. The Balaban J connectivity index is 1.91. The topological polar surface area (TPSA) is 66.9 Å². The highest BCUT2D eigenvalue weighted by molar-refractivity contribution is 5.41. The van der Waals surface area contributed by atoms with E-state index in [2.05, 4.69) is 28.2 Å². The minimum Gasteiger partial charge on any atom is -0.394 e. The monoisotopic (exact) mass is 295 g/mol. The Kier molecular flexibility index (Phi) is 6.38. The van der Waals surface area contributed by atoms with Crippen LogP contribution in [0.1, 0.15) is 12.5 Å². The molecule has 0 aliphatic carbocycles. The zero-order valence-corrected chi connectivity index (χ0v) is 12.8. The van der Waals surface area contributed by atoms with Gasteiger partial charge in [0.25, 0.3) is 0 Å². The number of aromatic nitrogens is 1. The van der Waals surface area contributed by atoms with Crippen LogP contribution in [0.4, 0.5) is 5.82 Å². The fraction of sp³-hybridized carbons (Fsp3) is 0.667. The second-order valence-corrected chi connectivity index (χ2v) is 5.33. The van der Waals surface area contributed by atoms with E-state index in [1.807, 2.05) is 12.3 Å². The van der Waals surface area contributed by atoms with Crippen LogP contribution in [0.15, 0.2) is 18.3 Å². The number of nitrogens with one attached hydrogen (secondary N) is 1. The Morgan fingerprint density at radius 2 is 2.38 bits per heavy atom. The summed E-state index contributed by atoms with van der Waals surface area (Å²) in [5.41, 5.74) is 1.15. The van der Waals surface area contributed by atoms with Crippen LogP contribution in [-0.2, 0) is 16.0 Å². The minimum atomic E-state index is -0.126. The Morgan fingerprint density at radius 1 is 1.52 bits per heavy atom. The smallest absolute Gasteiger partial charge is 0.128 e. The van der Waals surface area contributed by atoms with Gasteiger partial charge >= 0.3 is 0 Å². The lowest BCUT2D eigenvalue weighted by molar-refractivity contribution is -0.0105. The zero-order chi connectivity index (χ0) is 15.1. The number of methoxy groups -OCH3 is 1. The van der Waals surface area contributed by atoms with Gasteiger partial charge in [0.15, 0.2) is 0 Å². The van der Waals surface area contributed by atoms with Gasteiger partial charge in [-0.05, 0) is 18.6 Å². The van der Waals surface area contributed by atoms with Gasteiger partial charge in [-0.15, -0.1) is 0 Å². The van der Waals surface area contributed by atoms with Gasteiger partial charge in [0.2, 0.25) is 0 Å². The molecule has 2 unspecified atom stereocenters. The number of ether oxygens (including phenoxy) is 2. The summed E-state index contributed by atoms with van der Waals surface area (Å²) < 4.78 is 10.5. The molecule has 0 amide bonds. The fourth-order valence-electron chi connectivity index (χ4n) is 2.35.